The van der Waals surface area contributed by atoms with Crippen LogP contribution in [-0.2, 0) is 14.6 Å². The average Bonchev–Trinajstić information content (AvgIpc) is 2.22. The first kappa shape index (κ1) is 14.9. The Morgan fingerprint density at radius 3 is 2.47 bits per heavy atom. The number of hydrogen-bond acceptors (Lipinski definition) is 4. The summed E-state index contributed by atoms with van der Waals surface area (Å²) in [4.78, 5) is 0. The second-order valence-electron chi connectivity index (χ2n) is 5.44. The third kappa shape index (κ3) is 3.66. The van der Waals surface area contributed by atoms with E-state index < -0.39 is 9.84 Å². The number of sulfone groups is 1. The molecule has 0 heterocycles. The van der Waals surface area contributed by atoms with Gasteiger partial charge in [-0.2, -0.15) is 0 Å². The zero-order valence-electron chi connectivity index (χ0n) is 11.3. The maximum atomic E-state index is 11.5. The summed E-state index contributed by atoms with van der Waals surface area (Å²) in [6.07, 6.45) is 1.95. The topological polar surface area (TPSA) is 55.4 Å². The molecule has 17 heavy (non-hydrogen) atoms. The Morgan fingerprint density at radius 1 is 1.35 bits per heavy atom. The number of hydrogen-bond donors (Lipinski definition) is 1. The summed E-state index contributed by atoms with van der Waals surface area (Å²) >= 11 is 0. The fourth-order valence-corrected chi connectivity index (χ4v) is 3.69. The summed E-state index contributed by atoms with van der Waals surface area (Å²) < 4.78 is 28.4. The third-order valence-electron chi connectivity index (χ3n) is 3.78. The van der Waals surface area contributed by atoms with E-state index in [2.05, 4.69) is 19.2 Å². The van der Waals surface area contributed by atoms with Gasteiger partial charge in [-0.1, -0.05) is 20.8 Å². The molecule has 1 aliphatic rings. The summed E-state index contributed by atoms with van der Waals surface area (Å²) in [6, 6.07) is 0.365. The lowest BCUT2D eigenvalue weighted by atomic mass is 9.64. The summed E-state index contributed by atoms with van der Waals surface area (Å²) in [5.74, 6) is 0.536. The van der Waals surface area contributed by atoms with Crippen LogP contribution >= 0.6 is 0 Å². The highest BCUT2D eigenvalue weighted by molar-refractivity contribution is 7.91. The molecule has 0 saturated heterocycles. The Balaban J connectivity index is 2.30. The lowest BCUT2D eigenvalue weighted by Crippen LogP contribution is -2.61. The highest BCUT2D eigenvalue weighted by atomic mass is 32.2. The average molecular weight is 263 g/mol. The van der Waals surface area contributed by atoms with Crippen LogP contribution in [0.15, 0.2) is 0 Å². The highest BCUT2D eigenvalue weighted by Crippen LogP contribution is 2.42. The van der Waals surface area contributed by atoms with Crippen LogP contribution in [0.3, 0.4) is 0 Å². The predicted molar refractivity (Wildman–Crippen MR) is 69.9 cm³/mol. The second-order valence-corrected chi connectivity index (χ2v) is 7.74. The Labute approximate surface area is 105 Å². The number of nitrogens with one attached hydrogen (secondary N) is 1. The molecule has 5 heteroatoms. The van der Waals surface area contributed by atoms with E-state index in [-0.39, 0.29) is 17.3 Å². The van der Waals surface area contributed by atoms with Gasteiger partial charge < -0.3 is 10.1 Å². The van der Waals surface area contributed by atoms with Crippen molar-refractivity contribution in [2.24, 2.45) is 5.41 Å². The third-order valence-corrected chi connectivity index (χ3v) is 5.64. The molecule has 0 aromatic rings. The zero-order chi connectivity index (χ0) is 13.1. The molecule has 0 aromatic heterocycles. The monoisotopic (exact) mass is 263 g/mol. The lowest BCUT2D eigenvalue weighted by Gasteiger charge is -2.51. The minimum atomic E-state index is -2.86. The van der Waals surface area contributed by atoms with Gasteiger partial charge in [0.2, 0.25) is 0 Å². The van der Waals surface area contributed by atoms with Crippen molar-refractivity contribution in [2.75, 3.05) is 25.2 Å². The molecule has 4 nitrogen and oxygen atoms in total. The van der Waals surface area contributed by atoms with Crippen molar-refractivity contribution >= 4 is 9.84 Å². The smallest absolute Gasteiger partial charge is 0.151 e. The van der Waals surface area contributed by atoms with Gasteiger partial charge in [-0.25, -0.2) is 8.42 Å². The molecule has 2 unspecified atom stereocenters. The normalized spacial score (nSPS) is 27.8. The molecule has 1 N–H and O–H groups in total. The highest BCUT2D eigenvalue weighted by Gasteiger charge is 2.48. The van der Waals surface area contributed by atoms with Crippen LogP contribution in [0.5, 0.6) is 0 Å². The molecule has 1 fully saturated rings. The van der Waals surface area contributed by atoms with Crippen LogP contribution < -0.4 is 5.32 Å². The molecule has 0 aromatic carbocycles. The summed E-state index contributed by atoms with van der Waals surface area (Å²) in [5.41, 5.74) is 0.100. The Bertz CT molecular complexity index is 338. The number of methoxy groups -OCH3 is 1. The van der Waals surface area contributed by atoms with Gasteiger partial charge in [0, 0.05) is 30.9 Å². The molecule has 1 aliphatic carbocycles. The summed E-state index contributed by atoms with van der Waals surface area (Å²) in [6.45, 7) is 6.75. The second kappa shape index (κ2) is 5.67. The first-order chi connectivity index (χ1) is 7.83. The van der Waals surface area contributed by atoms with Crippen LogP contribution in [-0.4, -0.2) is 45.7 Å². The standard InChI is InChI=1S/C12H25NO3S/c1-5-7-17(14,15)8-6-13-10-9-11(16-4)12(10,2)3/h10-11,13H,5-9H2,1-4H3. The molecule has 0 aliphatic heterocycles. The van der Waals surface area contributed by atoms with Crippen molar-refractivity contribution in [3.63, 3.8) is 0 Å². The van der Waals surface area contributed by atoms with Crippen molar-refractivity contribution in [3.8, 4) is 0 Å². The van der Waals surface area contributed by atoms with E-state index in [9.17, 15) is 8.42 Å². The van der Waals surface area contributed by atoms with E-state index in [0.717, 1.165) is 6.42 Å². The zero-order valence-corrected chi connectivity index (χ0v) is 12.1. The van der Waals surface area contributed by atoms with Gasteiger partial charge >= 0.3 is 0 Å². The molecule has 0 spiro atoms. The van der Waals surface area contributed by atoms with Crippen molar-refractivity contribution in [3.05, 3.63) is 0 Å². The first-order valence-corrected chi connectivity index (χ1v) is 8.12. The molecule has 1 saturated carbocycles. The van der Waals surface area contributed by atoms with Gasteiger partial charge in [0.1, 0.15) is 0 Å². The van der Waals surface area contributed by atoms with Crippen LogP contribution in [0, 0.1) is 5.41 Å². The summed E-state index contributed by atoms with van der Waals surface area (Å²) in [7, 11) is -1.13. The molecule has 1 rings (SSSR count). The van der Waals surface area contributed by atoms with Crippen molar-refractivity contribution in [1.29, 1.82) is 0 Å². The van der Waals surface area contributed by atoms with Gasteiger partial charge in [-0.3, -0.25) is 0 Å². The van der Waals surface area contributed by atoms with Crippen molar-refractivity contribution < 1.29 is 13.2 Å². The molecule has 0 bridgehead atoms. The fourth-order valence-electron chi connectivity index (χ4n) is 2.43. The predicted octanol–water partition coefficient (Wildman–Crippen LogP) is 1.21. The molecular weight excluding hydrogens is 238 g/mol. The van der Waals surface area contributed by atoms with Gasteiger partial charge in [0.15, 0.2) is 9.84 Å². The van der Waals surface area contributed by atoms with E-state index in [0.29, 0.717) is 24.8 Å². The van der Waals surface area contributed by atoms with Crippen LogP contribution in [0.25, 0.3) is 0 Å². The van der Waals surface area contributed by atoms with E-state index >= 15 is 0 Å². The van der Waals surface area contributed by atoms with Gasteiger partial charge in [-0.05, 0) is 12.8 Å². The summed E-state index contributed by atoms with van der Waals surface area (Å²) in [5, 5.41) is 3.33. The fraction of sp³-hybridized carbons (Fsp3) is 1.00. The van der Waals surface area contributed by atoms with Crippen LogP contribution in [0.2, 0.25) is 0 Å². The van der Waals surface area contributed by atoms with Gasteiger partial charge in [0.05, 0.1) is 11.9 Å². The Kier molecular flexibility index (Phi) is 4.98. The molecular formula is C12H25NO3S. The van der Waals surface area contributed by atoms with E-state index in [4.69, 9.17) is 4.74 Å². The minimum absolute atomic E-state index is 0.100. The van der Waals surface area contributed by atoms with Crippen LogP contribution in [0.4, 0.5) is 0 Å². The Morgan fingerprint density at radius 2 is 2.00 bits per heavy atom. The SMILES string of the molecule is CCCS(=O)(=O)CCNC1CC(OC)C1(C)C. The van der Waals surface area contributed by atoms with E-state index in [1.165, 1.54) is 0 Å². The Hall–Kier alpha value is -0.130. The molecule has 0 amide bonds. The molecule has 102 valence electrons. The van der Waals surface area contributed by atoms with Crippen molar-refractivity contribution in [2.45, 2.75) is 45.8 Å². The minimum Gasteiger partial charge on any atom is -0.381 e. The van der Waals surface area contributed by atoms with Gasteiger partial charge in [0.25, 0.3) is 0 Å². The lowest BCUT2D eigenvalue weighted by molar-refractivity contribution is -0.0968. The largest absolute Gasteiger partial charge is 0.381 e. The van der Waals surface area contributed by atoms with Gasteiger partial charge in [-0.15, -0.1) is 0 Å². The van der Waals surface area contributed by atoms with E-state index in [1.54, 1.807) is 7.11 Å². The number of rotatable bonds is 7. The van der Waals surface area contributed by atoms with Crippen LogP contribution in [0.1, 0.15) is 33.6 Å². The maximum absolute atomic E-state index is 11.5. The first-order valence-electron chi connectivity index (χ1n) is 6.30. The molecule has 2 atom stereocenters. The number of ether oxygens (including phenoxy) is 1. The molecule has 0 radical (unpaired) electrons. The maximum Gasteiger partial charge on any atom is 0.151 e. The quantitative estimate of drug-likeness (QED) is 0.750. The van der Waals surface area contributed by atoms with E-state index in [1.807, 2.05) is 6.92 Å². The van der Waals surface area contributed by atoms with Crippen molar-refractivity contribution in [1.82, 2.24) is 5.32 Å².